The second kappa shape index (κ2) is 9.64. The van der Waals surface area contributed by atoms with Gasteiger partial charge in [0.1, 0.15) is 17.9 Å². The summed E-state index contributed by atoms with van der Waals surface area (Å²) < 4.78 is 7.56. The Bertz CT molecular complexity index is 1390. The zero-order valence-corrected chi connectivity index (χ0v) is 20.3. The smallest absolute Gasteiger partial charge is 0.335 e. The normalized spacial score (nSPS) is 14.9. The molecular formula is C27H24ClN3O4. The molecule has 1 fully saturated rings. The van der Waals surface area contributed by atoms with Gasteiger partial charge in [-0.2, -0.15) is 0 Å². The van der Waals surface area contributed by atoms with Gasteiger partial charge in [0, 0.05) is 22.1 Å². The van der Waals surface area contributed by atoms with Crippen molar-refractivity contribution in [2.45, 2.75) is 20.8 Å². The lowest BCUT2D eigenvalue weighted by Gasteiger charge is -2.27. The summed E-state index contributed by atoms with van der Waals surface area (Å²) in [6.07, 6.45) is 3.19. The summed E-state index contributed by atoms with van der Waals surface area (Å²) in [5, 5.41) is 2.67. The molecule has 3 aromatic rings. The van der Waals surface area contributed by atoms with Gasteiger partial charge in [-0.05, 0) is 80.4 Å². The molecule has 0 atom stereocenters. The quantitative estimate of drug-likeness (QED) is 0.290. The molecule has 2 heterocycles. The minimum Gasteiger partial charge on any atom is -0.490 e. The molecule has 2 aromatic carbocycles. The molecule has 0 radical (unpaired) electrons. The number of anilines is 1. The number of halogens is 1. The molecule has 178 valence electrons. The fourth-order valence-corrected chi connectivity index (χ4v) is 4.22. The van der Waals surface area contributed by atoms with Crippen molar-refractivity contribution in [3.63, 3.8) is 0 Å². The Morgan fingerprint density at radius 3 is 2.46 bits per heavy atom. The van der Waals surface area contributed by atoms with Gasteiger partial charge < -0.3 is 9.30 Å². The first-order valence-electron chi connectivity index (χ1n) is 10.9. The maximum Gasteiger partial charge on any atom is 0.335 e. The first-order valence-corrected chi connectivity index (χ1v) is 11.3. The van der Waals surface area contributed by atoms with Crippen molar-refractivity contribution in [2.75, 3.05) is 11.5 Å². The number of imide groups is 2. The van der Waals surface area contributed by atoms with E-state index in [4.69, 9.17) is 16.3 Å². The van der Waals surface area contributed by atoms with Crippen molar-refractivity contribution in [3.05, 3.63) is 94.3 Å². The van der Waals surface area contributed by atoms with Gasteiger partial charge in [0.15, 0.2) is 0 Å². The van der Waals surface area contributed by atoms with Crippen molar-refractivity contribution in [2.24, 2.45) is 0 Å². The SMILES string of the molecule is C=CCOc1ccc(-n2c(C)cc(/C=C3\C(=O)NC(=O)N(c4cccc(Cl)c4C)C3=O)c2C)cc1. The molecule has 1 aliphatic heterocycles. The van der Waals surface area contributed by atoms with E-state index in [0.717, 1.165) is 27.7 Å². The van der Waals surface area contributed by atoms with Crippen molar-refractivity contribution >= 4 is 41.2 Å². The van der Waals surface area contributed by atoms with Crippen LogP contribution in [0.3, 0.4) is 0 Å². The number of barbiturate groups is 1. The number of aryl methyl sites for hydroxylation is 1. The van der Waals surface area contributed by atoms with Crippen LogP contribution in [0.1, 0.15) is 22.5 Å². The zero-order valence-electron chi connectivity index (χ0n) is 19.6. The molecule has 4 amide bonds. The van der Waals surface area contributed by atoms with E-state index in [-0.39, 0.29) is 5.57 Å². The van der Waals surface area contributed by atoms with Gasteiger partial charge >= 0.3 is 6.03 Å². The van der Waals surface area contributed by atoms with Crippen LogP contribution in [0.5, 0.6) is 5.75 Å². The molecule has 0 bridgehead atoms. The lowest BCUT2D eigenvalue weighted by molar-refractivity contribution is -0.122. The Hall–Kier alpha value is -4.10. The molecule has 0 spiro atoms. The van der Waals surface area contributed by atoms with E-state index < -0.39 is 17.8 Å². The minimum atomic E-state index is -0.813. The van der Waals surface area contributed by atoms with E-state index in [1.54, 1.807) is 31.2 Å². The minimum absolute atomic E-state index is 0.141. The lowest BCUT2D eigenvalue weighted by Crippen LogP contribution is -2.54. The molecule has 1 N–H and O–H groups in total. The summed E-state index contributed by atoms with van der Waals surface area (Å²) in [4.78, 5) is 39.5. The maximum absolute atomic E-state index is 13.3. The molecule has 0 aliphatic carbocycles. The zero-order chi connectivity index (χ0) is 25.3. The monoisotopic (exact) mass is 489 g/mol. The van der Waals surface area contributed by atoms with E-state index in [2.05, 4.69) is 11.9 Å². The standard InChI is InChI=1S/C27H24ClN3O4/c1-5-13-35-21-11-9-20(10-12-21)30-16(2)14-19(18(30)4)15-22-25(32)29-27(34)31(26(22)33)24-8-6-7-23(28)17(24)3/h5-12,14-15H,1,13H2,2-4H3,(H,29,32,34)/b22-15+. The number of nitrogens with zero attached hydrogens (tertiary/aromatic N) is 2. The summed E-state index contributed by atoms with van der Waals surface area (Å²) in [7, 11) is 0. The Morgan fingerprint density at radius 1 is 1.06 bits per heavy atom. The molecule has 0 unspecified atom stereocenters. The topological polar surface area (TPSA) is 80.6 Å². The second-order valence-electron chi connectivity index (χ2n) is 8.10. The number of aromatic nitrogens is 1. The largest absolute Gasteiger partial charge is 0.490 e. The molecule has 7 nitrogen and oxygen atoms in total. The Kier molecular flexibility index (Phi) is 6.62. The molecule has 1 aromatic heterocycles. The number of hydrogen-bond acceptors (Lipinski definition) is 4. The van der Waals surface area contributed by atoms with E-state index in [9.17, 15) is 14.4 Å². The second-order valence-corrected chi connectivity index (χ2v) is 8.50. The molecule has 1 saturated heterocycles. The fraction of sp³-hybridized carbons (Fsp3) is 0.148. The van der Waals surface area contributed by atoms with Gasteiger partial charge in [-0.25, -0.2) is 9.69 Å². The van der Waals surface area contributed by atoms with Crippen molar-refractivity contribution in [1.29, 1.82) is 0 Å². The van der Waals surface area contributed by atoms with Crippen LogP contribution >= 0.6 is 11.6 Å². The third-order valence-corrected chi connectivity index (χ3v) is 6.22. The van der Waals surface area contributed by atoms with Crippen molar-refractivity contribution in [1.82, 2.24) is 9.88 Å². The summed E-state index contributed by atoms with van der Waals surface area (Å²) in [6, 6.07) is 13.6. The Labute approximate surface area is 208 Å². The van der Waals surface area contributed by atoms with Gasteiger partial charge in [0.05, 0.1) is 5.69 Å². The number of carbonyl (C=O) groups is 3. The third-order valence-electron chi connectivity index (χ3n) is 5.81. The van der Waals surface area contributed by atoms with E-state index >= 15 is 0 Å². The first-order chi connectivity index (χ1) is 16.7. The van der Waals surface area contributed by atoms with Crippen LogP contribution < -0.4 is 15.0 Å². The summed E-state index contributed by atoms with van der Waals surface area (Å²) in [6.45, 7) is 9.61. The van der Waals surface area contributed by atoms with E-state index in [0.29, 0.717) is 28.4 Å². The van der Waals surface area contributed by atoms with Crippen LogP contribution in [0.4, 0.5) is 10.5 Å². The summed E-state index contributed by atoms with van der Waals surface area (Å²) in [5.74, 6) is -0.730. The average molecular weight is 490 g/mol. The summed E-state index contributed by atoms with van der Waals surface area (Å²) in [5.41, 5.74) is 4.07. The summed E-state index contributed by atoms with van der Waals surface area (Å²) >= 11 is 6.19. The fourth-order valence-electron chi connectivity index (χ4n) is 4.05. The first kappa shape index (κ1) is 24.0. The van der Waals surface area contributed by atoms with Crippen LogP contribution in [-0.2, 0) is 9.59 Å². The van der Waals surface area contributed by atoms with E-state index in [1.807, 2.05) is 48.7 Å². The number of amides is 4. The highest BCUT2D eigenvalue weighted by Crippen LogP contribution is 2.30. The number of rotatable bonds is 6. The van der Waals surface area contributed by atoms with Gasteiger partial charge in [-0.15, -0.1) is 0 Å². The van der Waals surface area contributed by atoms with Gasteiger partial charge in [0.25, 0.3) is 11.8 Å². The van der Waals surface area contributed by atoms with Gasteiger partial charge in [0.2, 0.25) is 0 Å². The van der Waals surface area contributed by atoms with E-state index in [1.165, 1.54) is 6.08 Å². The van der Waals surface area contributed by atoms with Crippen LogP contribution in [0.2, 0.25) is 5.02 Å². The highest BCUT2D eigenvalue weighted by atomic mass is 35.5. The lowest BCUT2D eigenvalue weighted by atomic mass is 10.1. The van der Waals surface area contributed by atoms with Gasteiger partial charge in [-0.1, -0.05) is 30.3 Å². The number of ether oxygens (including phenoxy) is 1. The highest BCUT2D eigenvalue weighted by Gasteiger charge is 2.37. The van der Waals surface area contributed by atoms with Crippen molar-refractivity contribution < 1.29 is 19.1 Å². The average Bonchev–Trinajstić information content (AvgIpc) is 3.11. The van der Waals surface area contributed by atoms with Crippen LogP contribution in [0, 0.1) is 20.8 Å². The number of hydrogen-bond donors (Lipinski definition) is 1. The van der Waals surface area contributed by atoms with Crippen molar-refractivity contribution in [3.8, 4) is 11.4 Å². The number of carbonyl (C=O) groups excluding carboxylic acids is 3. The maximum atomic E-state index is 13.3. The van der Waals surface area contributed by atoms with Gasteiger partial charge in [-0.3, -0.25) is 14.9 Å². The van der Waals surface area contributed by atoms with Crippen LogP contribution in [0.15, 0.2) is 66.8 Å². The third kappa shape index (κ3) is 4.50. The molecule has 35 heavy (non-hydrogen) atoms. The number of nitrogens with one attached hydrogen (secondary N) is 1. The van der Waals surface area contributed by atoms with Crippen LogP contribution in [0.25, 0.3) is 11.8 Å². The molecule has 4 rings (SSSR count). The number of benzene rings is 2. The molecule has 0 saturated carbocycles. The molecular weight excluding hydrogens is 466 g/mol. The number of urea groups is 1. The predicted octanol–water partition coefficient (Wildman–Crippen LogP) is 5.29. The predicted molar refractivity (Wildman–Crippen MR) is 136 cm³/mol. The highest BCUT2D eigenvalue weighted by molar-refractivity contribution is 6.40. The molecule has 1 aliphatic rings. The van der Waals surface area contributed by atoms with Crippen LogP contribution in [-0.4, -0.2) is 29.0 Å². The Balaban J connectivity index is 1.71. The molecule has 8 heteroatoms. The Morgan fingerprint density at radius 2 is 1.77 bits per heavy atom.